The summed E-state index contributed by atoms with van der Waals surface area (Å²) in [6.07, 6.45) is 3.59. The maximum atomic E-state index is 12.5. The van der Waals surface area contributed by atoms with E-state index in [4.69, 9.17) is 4.42 Å². The molecule has 9 heteroatoms. The van der Waals surface area contributed by atoms with Gasteiger partial charge in [-0.3, -0.25) is 19.7 Å². The van der Waals surface area contributed by atoms with Crippen LogP contribution in [0.5, 0.6) is 5.75 Å². The highest BCUT2D eigenvalue weighted by molar-refractivity contribution is 6.17. The molecule has 3 N–H and O–H groups in total. The van der Waals surface area contributed by atoms with E-state index in [9.17, 15) is 19.8 Å². The lowest BCUT2D eigenvalue weighted by Crippen LogP contribution is -2.24. The molecule has 8 rings (SSSR count). The first-order valence-corrected chi connectivity index (χ1v) is 17.2. The van der Waals surface area contributed by atoms with Gasteiger partial charge in [-0.2, -0.15) is 0 Å². The van der Waals surface area contributed by atoms with Crippen LogP contribution in [0, 0.1) is 0 Å². The summed E-state index contributed by atoms with van der Waals surface area (Å²) in [4.78, 5) is 36.2. The predicted molar refractivity (Wildman–Crippen MR) is 207 cm³/mol. The molecule has 3 heterocycles. The molecule has 0 fully saturated rings. The molecule has 3 aromatic heterocycles. The van der Waals surface area contributed by atoms with E-state index in [1.54, 1.807) is 60.9 Å². The van der Waals surface area contributed by atoms with Gasteiger partial charge in [-0.15, -0.1) is 0 Å². The number of aromatic carboxylic acids is 1. The van der Waals surface area contributed by atoms with Crippen molar-refractivity contribution in [3.8, 4) is 16.9 Å². The molecule has 9 nitrogen and oxygen atoms in total. The van der Waals surface area contributed by atoms with E-state index in [-0.39, 0.29) is 23.3 Å². The third kappa shape index (κ3) is 6.81. The molecule has 0 aliphatic carbocycles. The number of pyridine rings is 2. The van der Waals surface area contributed by atoms with E-state index in [0.29, 0.717) is 69.0 Å². The Kier molecular flexibility index (Phi) is 9.06. The van der Waals surface area contributed by atoms with Crippen LogP contribution in [-0.2, 0) is 26.2 Å². The van der Waals surface area contributed by atoms with Gasteiger partial charge >= 0.3 is 5.97 Å². The van der Waals surface area contributed by atoms with Crippen LogP contribution in [0.2, 0.25) is 0 Å². The quantitative estimate of drug-likeness (QED) is 0.0897. The van der Waals surface area contributed by atoms with E-state index < -0.39 is 5.97 Å². The highest BCUT2D eigenvalue weighted by atomic mass is 16.4. The van der Waals surface area contributed by atoms with Crippen LogP contribution in [0.25, 0.3) is 43.8 Å². The zero-order valence-electron chi connectivity index (χ0n) is 28.6. The maximum absolute atomic E-state index is 12.5. The van der Waals surface area contributed by atoms with Gasteiger partial charge in [-0.1, -0.05) is 54.6 Å². The van der Waals surface area contributed by atoms with Crippen molar-refractivity contribution in [3.05, 3.63) is 178 Å². The van der Waals surface area contributed by atoms with Crippen molar-refractivity contribution in [2.75, 3.05) is 5.32 Å². The molecule has 0 bridgehead atoms. The fourth-order valence-electron chi connectivity index (χ4n) is 6.98. The first-order valence-electron chi connectivity index (χ1n) is 17.2. The number of aromatic nitrogens is 2. The average Bonchev–Trinajstić information content (AvgIpc) is 3.18. The standard InChI is InChI=1S/C44H34N4O5/c49-32-16-18-33-28(23-32)15-17-36-41(34-12-2-3-13-35(34)44(51)52)37-19-20-40(50)38(43(37)53-42(33)36)24-47-39-14-4-1-9-29(39)25-48(26-30-10-5-7-21-45-30)27-31-11-6-8-22-46-31/h1-23,47,50H,24-27H2,(H,51,52). The molecule has 8 aromatic rings. The fraction of sp³-hybridized carbons (Fsp3) is 0.0909. The van der Waals surface area contributed by atoms with Crippen LogP contribution in [0.15, 0.2) is 149 Å². The van der Waals surface area contributed by atoms with Gasteiger partial charge in [0.2, 0.25) is 0 Å². The number of rotatable bonds is 11. The minimum absolute atomic E-state index is 0.0251. The summed E-state index contributed by atoms with van der Waals surface area (Å²) < 4.78 is 6.72. The SMILES string of the molecule is O=C(O)c1ccccc1-c1c2ccc(O)c(CNc3ccccc3CN(Cc3ccccn3)Cc3ccccn3)c2oc2c1ccc1cc(=O)ccc12. The van der Waals surface area contributed by atoms with Crippen molar-refractivity contribution in [3.63, 3.8) is 0 Å². The van der Waals surface area contributed by atoms with Crippen molar-refractivity contribution >= 4 is 44.4 Å². The minimum atomic E-state index is -1.06. The average molecular weight is 699 g/mol. The summed E-state index contributed by atoms with van der Waals surface area (Å²) in [5.74, 6) is -1.03. The monoisotopic (exact) mass is 698 g/mol. The molecule has 0 radical (unpaired) electrons. The van der Waals surface area contributed by atoms with Gasteiger partial charge in [0.05, 0.1) is 22.5 Å². The zero-order valence-corrected chi connectivity index (χ0v) is 28.6. The first-order chi connectivity index (χ1) is 25.9. The maximum Gasteiger partial charge on any atom is 0.336 e. The number of benzene rings is 5. The zero-order chi connectivity index (χ0) is 36.3. The summed E-state index contributed by atoms with van der Waals surface area (Å²) in [7, 11) is 0. The van der Waals surface area contributed by atoms with Crippen LogP contribution in [0.3, 0.4) is 0 Å². The van der Waals surface area contributed by atoms with E-state index in [2.05, 4.69) is 26.3 Å². The lowest BCUT2D eigenvalue weighted by molar-refractivity contribution is 0.0697. The molecular formula is C44H34N4O5. The van der Waals surface area contributed by atoms with Crippen LogP contribution >= 0.6 is 0 Å². The van der Waals surface area contributed by atoms with E-state index in [0.717, 1.165) is 22.6 Å². The fourth-order valence-corrected chi connectivity index (χ4v) is 6.98. The number of carboxylic acids is 1. The number of carboxylic acid groups (broad SMARTS) is 1. The summed E-state index contributed by atoms with van der Waals surface area (Å²) >= 11 is 0. The Labute approximate surface area is 304 Å². The van der Waals surface area contributed by atoms with Gasteiger partial charge in [0.15, 0.2) is 5.43 Å². The predicted octanol–water partition coefficient (Wildman–Crippen LogP) is 8.77. The summed E-state index contributed by atoms with van der Waals surface area (Å²) in [6.45, 7) is 2.02. The smallest absolute Gasteiger partial charge is 0.336 e. The molecule has 0 atom stereocenters. The molecule has 5 aromatic carbocycles. The van der Waals surface area contributed by atoms with Crippen LogP contribution in [0.1, 0.15) is 32.9 Å². The highest BCUT2D eigenvalue weighted by Gasteiger charge is 2.22. The number of aromatic hydroxyl groups is 1. The largest absolute Gasteiger partial charge is 0.507 e. The second-order valence-electron chi connectivity index (χ2n) is 12.9. The Balaban J connectivity index is 1.22. The van der Waals surface area contributed by atoms with Crippen LogP contribution in [-0.4, -0.2) is 31.1 Å². The third-order valence-electron chi connectivity index (χ3n) is 9.44. The molecule has 0 aliphatic heterocycles. The number of phenolic OH excluding ortho intramolecular Hbond substituents is 1. The van der Waals surface area contributed by atoms with Gasteiger partial charge < -0.3 is 19.9 Å². The Bertz CT molecular complexity index is 2640. The molecule has 0 spiro atoms. The summed E-state index contributed by atoms with van der Waals surface area (Å²) in [5, 5.41) is 27.9. The molecule has 0 saturated carbocycles. The second kappa shape index (κ2) is 14.4. The van der Waals surface area contributed by atoms with E-state index >= 15 is 0 Å². The van der Waals surface area contributed by atoms with Crippen molar-refractivity contribution < 1.29 is 19.4 Å². The number of phenols is 1. The number of fused-ring (bicyclic) bond motifs is 4. The first kappa shape index (κ1) is 33.3. The second-order valence-corrected chi connectivity index (χ2v) is 12.9. The molecule has 260 valence electrons. The molecule has 0 amide bonds. The lowest BCUT2D eigenvalue weighted by atomic mass is 9.91. The highest BCUT2D eigenvalue weighted by Crippen LogP contribution is 2.43. The van der Waals surface area contributed by atoms with Crippen LogP contribution < -0.4 is 10.7 Å². The van der Waals surface area contributed by atoms with Gasteiger partial charge in [-0.25, -0.2) is 4.79 Å². The van der Waals surface area contributed by atoms with E-state index in [1.165, 1.54) is 6.07 Å². The van der Waals surface area contributed by atoms with Gasteiger partial charge in [0.1, 0.15) is 16.9 Å². The summed E-state index contributed by atoms with van der Waals surface area (Å²) in [5.41, 5.74) is 6.39. The molecule has 0 saturated heterocycles. The molecule has 53 heavy (non-hydrogen) atoms. The number of para-hydroxylation sites is 1. The van der Waals surface area contributed by atoms with Gasteiger partial charge in [0, 0.05) is 66.0 Å². The van der Waals surface area contributed by atoms with Crippen molar-refractivity contribution in [1.29, 1.82) is 0 Å². The normalized spacial score (nSPS) is 11.4. The Morgan fingerprint density at radius 3 is 2.09 bits per heavy atom. The Morgan fingerprint density at radius 2 is 1.36 bits per heavy atom. The molecule has 0 aliphatic rings. The van der Waals surface area contributed by atoms with Gasteiger partial charge in [-0.05, 0) is 89.3 Å². The Hall–Kier alpha value is -6.84. The van der Waals surface area contributed by atoms with E-state index in [1.807, 2.05) is 66.7 Å². The minimum Gasteiger partial charge on any atom is -0.507 e. The summed E-state index contributed by atoms with van der Waals surface area (Å²) in [6, 6.07) is 38.5. The third-order valence-corrected chi connectivity index (χ3v) is 9.44. The number of hydrogen-bond donors (Lipinski definition) is 3. The number of hydrogen-bond acceptors (Lipinski definition) is 8. The van der Waals surface area contributed by atoms with Crippen LogP contribution in [0.4, 0.5) is 5.69 Å². The molecular weight excluding hydrogens is 665 g/mol. The number of carbonyl (C=O) groups is 1. The van der Waals surface area contributed by atoms with Gasteiger partial charge in [0.25, 0.3) is 0 Å². The van der Waals surface area contributed by atoms with Crippen molar-refractivity contribution in [2.24, 2.45) is 0 Å². The number of nitrogens with one attached hydrogen (secondary N) is 1. The Morgan fingerprint density at radius 1 is 0.698 bits per heavy atom. The topological polar surface area (TPSA) is 129 Å². The lowest BCUT2D eigenvalue weighted by Gasteiger charge is -2.24. The number of anilines is 1. The van der Waals surface area contributed by atoms with Crippen molar-refractivity contribution in [2.45, 2.75) is 26.2 Å². The number of nitrogens with zero attached hydrogens (tertiary/aromatic N) is 3. The molecule has 0 unspecified atom stereocenters. The van der Waals surface area contributed by atoms with Crippen molar-refractivity contribution in [1.82, 2.24) is 14.9 Å².